The minimum atomic E-state index is -1.10. The molecular formula is C33H36F2N4O4. The molecule has 0 bridgehead atoms. The molecule has 0 radical (unpaired) electrons. The predicted octanol–water partition coefficient (Wildman–Crippen LogP) is 6.01. The van der Waals surface area contributed by atoms with Gasteiger partial charge in [-0.2, -0.15) is 0 Å². The number of ether oxygens (including phenoxy) is 2. The maximum absolute atomic E-state index is 14.6. The number of hydrogen-bond donors (Lipinski definition) is 0. The van der Waals surface area contributed by atoms with E-state index >= 15 is 0 Å². The maximum Gasteiger partial charge on any atom is 0.236 e. The van der Waals surface area contributed by atoms with Crippen molar-refractivity contribution in [2.75, 3.05) is 20.8 Å². The van der Waals surface area contributed by atoms with Crippen molar-refractivity contribution in [3.8, 4) is 11.4 Å². The molecule has 43 heavy (non-hydrogen) atoms. The van der Waals surface area contributed by atoms with E-state index in [4.69, 9.17) is 19.5 Å². The van der Waals surface area contributed by atoms with Crippen molar-refractivity contribution in [3.05, 3.63) is 77.4 Å². The SMILES string of the molecule is CCC1(c2ccc(F)c(F)c2)ON=C2N1CC1(CC1)CC21C(OC)CC(=O)CC1c1ccc(-n2cnc(C)c2)c(OC)c1. The zero-order chi connectivity index (χ0) is 30.1. The van der Waals surface area contributed by atoms with Crippen molar-refractivity contribution >= 4 is 11.6 Å². The molecular weight excluding hydrogens is 554 g/mol. The van der Waals surface area contributed by atoms with E-state index in [2.05, 4.69) is 16.0 Å². The fraction of sp³-hybridized carbons (Fsp3) is 0.485. The lowest BCUT2D eigenvalue weighted by molar-refractivity contribution is -0.138. The van der Waals surface area contributed by atoms with E-state index in [9.17, 15) is 13.6 Å². The molecule has 2 aliphatic heterocycles. The van der Waals surface area contributed by atoms with Crippen molar-refractivity contribution in [2.24, 2.45) is 16.0 Å². The highest BCUT2D eigenvalue weighted by Gasteiger charge is 2.69. The number of ketones is 1. The summed E-state index contributed by atoms with van der Waals surface area (Å²) in [6, 6.07) is 10.0. The average molecular weight is 591 g/mol. The molecule has 226 valence electrons. The zero-order valence-electron chi connectivity index (χ0n) is 24.9. The number of piperidine rings is 1. The Balaban J connectivity index is 1.38. The molecule has 2 saturated carbocycles. The Morgan fingerprint density at radius 3 is 2.56 bits per heavy atom. The van der Waals surface area contributed by atoms with Crippen LogP contribution in [0.5, 0.6) is 5.75 Å². The fourth-order valence-electron chi connectivity index (χ4n) is 7.97. The third-order valence-corrected chi connectivity index (χ3v) is 10.3. The van der Waals surface area contributed by atoms with Gasteiger partial charge in [0.15, 0.2) is 17.5 Å². The van der Waals surface area contributed by atoms with Gasteiger partial charge >= 0.3 is 0 Å². The molecule has 2 spiro atoms. The topological polar surface area (TPSA) is 78.2 Å². The third kappa shape index (κ3) is 4.12. The van der Waals surface area contributed by atoms with Gasteiger partial charge < -0.3 is 23.8 Å². The smallest absolute Gasteiger partial charge is 0.236 e. The van der Waals surface area contributed by atoms with Crippen molar-refractivity contribution in [1.82, 2.24) is 14.5 Å². The normalized spacial score (nSPS) is 29.0. The van der Waals surface area contributed by atoms with E-state index in [1.165, 1.54) is 6.07 Å². The zero-order valence-corrected chi connectivity index (χ0v) is 24.9. The van der Waals surface area contributed by atoms with E-state index in [1.54, 1.807) is 26.6 Å². The molecule has 0 amide bonds. The van der Waals surface area contributed by atoms with E-state index in [-0.39, 0.29) is 23.5 Å². The Bertz CT molecular complexity index is 1630. The summed E-state index contributed by atoms with van der Waals surface area (Å²) >= 11 is 0. The second-order valence-corrected chi connectivity index (χ2v) is 12.7. The number of imidazole rings is 1. The van der Waals surface area contributed by atoms with Gasteiger partial charge in [-0.1, -0.05) is 18.1 Å². The summed E-state index contributed by atoms with van der Waals surface area (Å²) in [6.07, 6.45) is 7.13. The Labute approximate surface area is 249 Å². The number of aromatic nitrogens is 2. The lowest BCUT2D eigenvalue weighted by Gasteiger charge is -2.56. The lowest BCUT2D eigenvalue weighted by atomic mass is 9.55. The van der Waals surface area contributed by atoms with Gasteiger partial charge in [-0.05, 0) is 67.5 Å². The van der Waals surface area contributed by atoms with Gasteiger partial charge in [-0.3, -0.25) is 4.79 Å². The summed E-state index contributed by atoms with van der Waals surface area (Å²) < 4.78 is 42.6. The molecule has 8 nitrogen and oxygen atoms in total. The molecule has 3 fully saturated rings. The lowest BCUT2D eigenvalue weighted by Crippen LogP contribution is -2.64. The van der Waals surface area contributed by atoms with Crippen LogP contribution in [0.2, 0.25) is 0 Å². The molecule has 7 rings (SSSR count). The van der Waals surface area contributed by atoms with Gasteiger partial charge in [0.05, 0.1) is 36.3 Å². The quantitative estimate of drug-likeness (QED) is 0.350. The number of halogens is 2. The van der Waals surface area contributed by atoms with Crippen LogP contribution in [0.25, 0.3) is 5.69 Å². The number of methoxy groups -OCH3 is 2. The molecule has 1 aromatic heterocycles. The number of oxime groups is 1. The summed E-state index contributed by atoms with van der Waals surface area (Å²) in [7, 11) is 3.30. The average Bonchev–Trinajstić information content (AvgIpc) is 3.41. The molecule has 0 N–H and O–H groups in total. The fourth-order valence-corrected chi connectivity index (χ4v) is 7.97. The Kier molecular flexibility index (Phi) is 6.43. The van der Waals surface area contributed by atoms with Gasteiger partial charge in [0.2, 0.25) is 5.72 Å². The van der Waals surface area contributed by atoms with Gasteiger partial charge in [0.1, 0.15) is 11.5 Å². The largest absolute Gasteiger partial charge is 0.495 e. The van der Waals surface area contributed by atoms with Crippen LogP contribution in [0.4, 0.5) is 8.78 Å². The molecule has 4 atom stereocenters. The Morgan fingerprint density at radius 2 is 1.91 bits per heavy atom. The van der Waals surface area contributed by atoms with Crippen LogP contribution in [-0.4, -0.2) is 52.9 Å². The number of carbonyl (C=O) groups excluding carboxylic acids is 1. The minimum Gasteiger partial charge on any atom is -0.495 e. The molecule has 4 unspecified atom stereocenters. The standard InChI is InChI=1S/C33H36F2N4O4/c1-5-33(22-7-8-25(34)26(35)13-22)39-18-31(10-11-31)17-32(30(39)37-43-33)24(14-23(40)15-29(32)42-4)21-6-9-27(28(12-21)41-3)38-16-20(2)36-19-38/h6-9,12-13,16,19,24,29H,5,10-11,14-15,17-18H2,1-4H3. The molecule has 4 aliphatic rings. The summed E-state index contributed by atoms with van der Waals surface area (Å²) in [5, 5.41) is 4.78. The van der Waals surface area contributed by atoms with Crippen LogP contribution in [0, 0.1) is 29.4 Å². The van der Waals surface area contributed by atoms with Crippen LogP contribution in [-0.2, 0) is 20.1 Å². The summed E-state index contributed by atoms with van der Waals surface area (Å²) in [5.74, 6) is -0.594. The van der Waals surface area contributed by atoms with E-state index in [0.717, 1.165) is 42.3 Å². The number of aryl methyl sites for hydroxylation is 1. The van der Waals surface area contributed by atoms with Gasteiger partial charge in [0, 0.05) is 50.6 Å². The van der Waals surface area contributed by atoms with Crippen molar-refractivity contribution in [1.29, 1.82) is 0 Å². The molecule has 2 aliphatic carbocycles. The van der Waals surface area contributed by atoms with E-state index in [1.807, 2.05) is 36.7 Å². The minimum absolute atomic E-state index is 0.0283. The predicted molar refractivity (Wildman–Crippen MR) is 155 cm³/mol. The van der Waals surface area contributed by atoms with Crippen LogP contribution >= 0.6 is 0 Å². The number of Topliss-reactive ketones (excluding diaryl/α,β-unsaturated/α-hetero) is 1. The number of carbonyl (C=O) groups is 1. The van der Waals surface area contributed by atoms with Crippen LogP contribution in [0.15, 0.2) is 54.1 Å². The summed E-state index contributed by atoms with van der Waals surface area (Å²) in [4.78, 5) is 26.2. The van der Waals surface area contributed by atoms with E-state index < -0.39 is 28.9 Å². The molecule has 10 heteroatoms. The first-order valence-electron chi connectivity index (χ1n) is 14.9. The van der Waals surface area contributed by atoms with Crippen molar-refractivity contribution in [2.45, 2.75) is 70.1 Å². The number of nitrogens with zero attached hydrogens (tertiary/aromatic N) is 4. The second kappa shape index (κ2) is 9.87. The Morgan fingerprint density at radius 1 is 1.09 bits per heavy atom. The molecule has 3 heterocycles. The highest BCUT2D eigenvalue weighted by Crippen LogP contribution is 2.67. The van der Waals surface area contributed by atoms with Crippen molar-refractivity contribution in [3.63, 3.8) is 0 Å². The first-order valence-corrected chi connectivity index (χ1v) is 14.9. The third-order valence-electron chi connectivity index (χ3n) is 10.3. The first-order chi connectivity index (χ1) is 20.7. The number of amidine groups is 1. The molecule has 1 saturated heterocycles. The highest BCUT2D eigenvalue weighted by atomic mass is 19.2. The first kappa shape index (κ1) is 28.0. The van der Waals surface area contributed by atoms with Crippen LogP contribution < -0.4 is 4.74 Å². The monoisotopic (exact) mass is 590 g/mol. The van der Waals surface area contributed by atoms with Crippen LogP contribution in [0.1, 0.15) is 68.2 Å². The van der Waals surface area contributed by atoms with Gasteiger partial charge in [0.25, 0.3) is 0 Å². The van der Waals surface area contributed by atoms with Crippen LogP contribution in [0.3, 0.4) is 0 Å². The van der Waals surface area contributed by atoms with Gasteiger partial charge in [-0.25, -0.2) is 13.8 Å². The Hall–Kier alpha value is -3.79. The number of rotatable bonds is 6. The summed E-state index contributed by atoms with van der Waals surface area (Å²) in [5.41, 5.74) is 1.39. The highest BCUT2D eigenvalue weighted by molar-refractivity contribution is 5.95. The van der Waals surface area contributed by atoms with Crippen molar-refractivity contribution < 1.29 is 27.9 Å². The number of fused-ring (bicyclic) bond motifs is 2. The van der Waals surface area contributed by atoms with Gasteiger partial charge in [-0.15, -0.1) is 0 Å². The van der Waals surface area contributed by atoms with E-state index in [0.29, 0.717) is 36.5 Å². The number of hydrogen-bond acceptors (Lipinski definition) is 7. The molecule has 3 aromatic rings. The molecule has 2 aromatic carbocycles. The number of benzene rings is 2. The maximum atomic E-state index is 14.6. The second-order valence-electron chi connectivity index (χ2n) is 12.7. The summed E-state index contributed by atoms with van der Waals surface area (Å²) in [6.45, 7) is 4.58.